The third-order valence-corrected chi connectivity index (χ3v) is 0. The van der Waals surface area contributed by atoms with Gasteiger partial charge in [0.05, 0.1) is 0 Å². The summed E-state index contributed by atoms with van der Waals surface area (Å²) >= 11 is 0. The van der Waals surface area contributed by atoms with Crippen molar-refractivity contribution in [1.29, 1.82) is 0 Å². The van der Waals surface area contributed by atoms with Crippen LogP contribution in [-0.4, -0.2) is 75.7 Å². The zero-order chi connectivity index (χ0) is 17.9. The molecule has 0 radical (unpaired) electrons. The Hall–Kier alpha value is -0.870. The predicted molar refractivity (Wildman–Crippen MR) is 60.1 cm³/mol. The molecule has 0 saturated heterocycles. The van der Waals surface area contributed by atoms with Gasteiger partial charge < -0.3 is 45.9 Å². The van der Waals surface area contributed by atoms with Gasteiger partial charge in [-0.1, -0.05) is 0 Å². The Bertz CT molecular complexity index is 139. The Morgan fingerprint density at radius 3 is 0.700 bits per heavy atom. The molecule has 0 unspecified atom stereocenters. The first-order valence-corrected chi connectivity index (χ1v) is 3.93. The Kier molecular flexibility index (Phi) is 42.0. The van der Waals surface area contributed by atoms with Crippen LogP contribution in [0.1, 0.15) is 6.92 Å². The molecule has 0 atom stereocenters. The van der Waals surface area contributed by atoms with Gasteiger partial charge in [-0.15, -0.1) is 0 Å². The third-order valence-electron chi connectivity index (χ3n) is 0. The predicted octanol–water partition coefficient (Wildman–Crippen LogP) is -4.81. The van der Waals surface area contributed by atoms with Crippen molar-refractivity contribution in [3.63, 3.8) is 0 Å². The van der Waals surface area contributed by atoms with Gasteiger partial charge >= 0.3 is 29.6 Å². The van der Waals surface area contributed by atoms with Gasteiger partial charge in [0.25, 0.3) is 0 Å². The average Bonchev–Trinajstić information content (AvgIpc) is 1.94. The number of carbonyl (C=O) groups is 1. The van der Waals surface area contributed by atoms with Crippen LogP contribution in [0.15, 0.2) is 0 Å². The lowest BCUT2D eigenvalue weighted by Crippen LogP contribution is -2.01. The Labute approximate surface area is 111 Å². The lowest BCUT2D eigenvalue weighted by Gasteiger charge is -1.65. The number of halogens is 4. The van der Waals surface area contributed by atoms with Gasteiger partial charge in [-0.2, -0.15) is 0 Å². The first kappa shape index (κ1) is 31.5. The molecule has 0 heterocycles. The molecule has 0 spiro atoms. The van der Waals surface area contributed by atoms with Gasteiger partial charge in [-0.05, 0) is 0 Å². The van der Waals surface area contributed by atoms with E-state index in [2.05, 4.69) is 5.73 Å². The highest BCUT2D eigenvalue weighted by molar-refractivity contribution is 6.32. The molecule has 0 fully saturated rings. The molecule has 0 rings (SSSR count). The van der Waals surface area contributed by atoms with E-state index in [0.29, 0.717) is 0 Å². The highest BCUT2D eigenvalue weighted by atomic mass is 19.1. The van der Waals surface area contributed by atoms with Gasteiger partial charge in [-0.3, -0.25) is 22.1 Å². The number of rotatable bonds is 0. The summed E-state index contributed by atoms with van der Waals surface area (Å²) < 4.78 is 40.4. The lowest BCUT2D eigenvalue weighted by atomic mass is 10.3. The molecular formula is C2H13B4F4NO9. The molecule has 18 heteroatoms. The van der Waals surface area contributed by atoms with E-state index in [1.165, 1.54) is 6.92 Å². The molecule has 20 heavy (non-hydrogen) atoms. The van der Waals surface area contributed by atoms with Crippen LogP contribution < -0.4 is 5.73 Å². The lowest BCUT2D eigenvalue weighted by molar-refractivity contribution is -0.115. The van der Waals surface area contributed by atoms with E-state index < -0.39 is 29.6 Å². The molecule has 10 N–H and O–H groups in total. The SMILES string of the molecule is CC(N)=O.OB(O)F.OB(O)F.OB(O)F.OB(O)F. The molecule has 10 nitrogen and oxygen atoms in total. The highest BCUT2D eigenvalue weighted by Crippen LogP contribution is 1.58. The van der Waals surface area contributed by atoms with Crippen LogP contribution in [0.25, 0.3) is 0 Å². The summed E-state index contributed by atoms with van der Waals surface area (Å²) in [7, 11) is -10.7. The number of primary amides is 1. The van der Waals surface area contributed by atoms with Crippen LogP contribution in [0.4, 0.5) is 17.3 Å². The van der Waals surface area contributed by atoms with Crippen LogP contribution in [0, 0.1) is 0 Å². The maximum absolute atomic E-state index is 10.1. The molecule has 0 aliphatic rings. The van der Waals surface area contributed by atoms with Crippen molar-refractivity contribution in [2.24, 2.45) is 5.73 Å². The fraction of sp³-hybridized carbons (Fsp3) is 0.500. The van der Waals surface area contributed by atoms with Crippen LogP contribution in [0.2, 0.25) is 0 Å². The van der Waals surface area contributed by atoms with Crippen molar-refractivity contribution in [2.75, 3.05) is 0 Å². The number of amides is 1. The second-order valence-corrected chi connectivity index (χ2v) is 1.85. The minimum atomic E-state index is -2.67. The monoisotopic (exact) mass is 315 g/mol. The van der Waals surface area contributed by atoms with E-state index in [1.54, 1.807) is 0 Å². The summed E-state index contributed by atoms with van der Waals surface area (Å²) in [5.74, 6) is -0.333. The molecule has 0 aliphatic carbocycles. The van der Waals surface area contributed by atoms with Crippen molar-refractivity contribution >= 4 is 35.5 Å². The van der Waals surface area contributed by atoms with E-state index in [4.69, 9.17) is 40.2 Å². The van der Waals surface area contributed by atoms with Crippen LogP contribution in [0.5, 0.6) is 0 Å². The Morgan fingerprint density at radius 2 is 0.700 bits per heavy atom. The maximum atomic E-state index is 10.1. The maximum Gasteiger partial charge on any atom is 0.674 e. The van der Waals surface area contributed by atoms with E-state index in [-0.39, 0.29) is 5.91 Å². The molecule has 120 valence electrons. The largest absolute Gasteiger partial charge is 0.674 e. The van der Waals surface area contributed by atoms with Crippen molar-refractivity contribution < 1.29 is 62.2 Å². The molecule has 0 aromatic rings. The fourth-order valence-electron chi connectivity index (χ4n) is 0. The Morgan fingerprint density at radius 1 is 0.700 bits per heavy atom. The Balaban J connectivity index is -0.0000000469. The summed E-state index contributed by atoms with van der Waals surface area (Å²) in [5.41, 5.74) is 4.47. The first-order valence-electron chi connectivity index (χ1n) is 3.93. The topological polar surface area (TPSA) is 205 Å². The highest BCUT2D eigenvalue weighted by Gasteiger charge is 1.98. The normalized spacial score (nSPS) is 6.65. The third kappa shape index (κ3) is 5880. The minimum Gasteiger partial charge on any atom is -0.398 e. The van der Waals surface area contributed by atoms with E-state index in [1.807, 2.05) is 0 Å². The summed E-state index contributed by atoms with van der Waals surface area (Å²) in [6, 6.07) is 0. The molecular weight excluding hydrogens is 301 g/mol. The molecule has 0 aromatic carbocycles. The molecule has 0 aromatic heterocycles. The molecule has 1 amide bonds. The second-order valence-electron chi connectivity index (χ2n) is 1.85. The van der Waals surface area contributed by atoms with Crippen molar-refractivity contribution in [1.82, 2.24) is 0 Å². The number of carbonyl (C=O) groups excluding carboxylic acids is 1. The van der Waals surface area contributed by atoms with Gasteiger partial charge in [0, 0.05) is 6.92 Å². The van der Waals surface area contributed by atoms with E-state index in [9.17, 15) is 22.1 Å². The van der Waals surface area contributed by atoms with Crippen LogP contribution >= 0.6 is 0 Å². The van der Waals surface area contributed by atoms with Crippen molar-refractivity contribution in [3.8, 4) is 0 Å². The zero-order valence-corrected chi connectivity index (χ0v) is 9.88. The van der Waals surface area contributed by atoms with E-state index >= 15 is 0 Å². The van der Waals surface area contributed by atoms with Crippen LogP contribution in [-0.2, 0) is 4.79 Å². The van der Waals surface area contributed by atoms with Gasteiger partial charge in [0.2, 0.25) is 5.91 Å². The summed E-state index contributed by atoms with van der Waals surface area (Å²) in [5, 5.41) is 55.6. The fourth-order valence-corrected chi connectivity index (χ4v) is 0. The molecule has 0 aliphatic heterocycles. The first-order chi connectivity index (χ1) is 8.66. The standard InChI is InChI=1S/C2H5NO.4BFH2O2/c1-2(3)4;4*2-1(3)4/h1H3,(H2,3,4);4*3-4H. The number of nitrogens with two attached hydrogens (primary N) is 1. The summed E-state index contributed by atoms with van der Waals surface area (Å²) in [6.45, 7) is 1.31. The zero-order valence-electron chi connectivity index (χ0n) is 9.88. The second kappa shape index (κ2) is 26.6. The molecule has 0 bridgehead atoms. The van der Waals surface area contributed by atoms with Gasteiger partial charge in [-0.25, -0.2) is 0 Å². The summed E-state index contributed by atoms with van der Waals surface area (Å²) in [6.07, 6.45) is 0. The van der Waals surface area contributed by atoms with Gasteiger partial charge in [0.15, 0.2) is 0 Å². The average molecular weight is 314 g/mol. The van der Waals surface area contributed by atoms with E-state index in [0.717, 1.165) is 0 Å². The van der Waals surface area contributed by atoms with Crippen LogP contribution in [0.3, 0.4) is 0 Å². The number of hydrogen-bond donors (Lipinski definition) is 9. The quantitative estimate of drug-likeness (QED) is 0.155. The minimum absolute atomic E-state index is 0.333. The summed E-state index contributed by atoms with van der Waals surface area (Å²) in [4.78, 5) is 9.22. The van der Waals surface area contributed by atoms with Crippen molar-refractivity contribution in [2.45, 2.75) is 6.92 Å². The smallest absolute Gasteiger partial charge is 0.398 e. The van der Waals surface area contributed by atoms with Crippen molar-refractivity contribution in [3.05, 3.63) is 0 Å². The molecule has 0 saturated carbocycles. The van der Waals surface area contributed by atoms with Gasteiger partial charge in [0.1, 0.15) is 0 Å². The number of hydrogen-bond acceptors (Lipinski definition) is 9.